The summed E-state index contributed by atoms with van der Waals surface area (Å²) in [6, 6.07) is 18.4. The summed E-state index contributed by atoms with van der Waals surface area (Å²) in [5, 5.41) is 0.844. The largest absolute Gasteiger partial charge is 0.497 e. The zero-order valence-corrected chi connectivity index (χ0v) is 13.5. The monoisotopic (exact) mass is 314 g/mol. The number of thiophene rings is 1. The van der Waals surface area contributed by atoms with Crippen molar-refractivity contribution in [2.75, 3.05) is 7.11 Å². The quantitative estimate of drug-likeness (QED) is 0.571. The first-order valence-electron chi connectivity index (χ1n) is 6.69. The number of hydrogen-bond acceptors (Lipinski definition) is 2. The summed E-state index contributed by atoms with van der Waals surface area (Å²) >= 11 is 8.28. The second-order valence-electron chi connectivity index (χ2n) is 4.79. The Bertz CT molecular complexity index is 745. The van der Waals surface area contributed by atoms with Gasteiger partial charge in [-0.2, -0.15) is 0 Å². The minimum absolute atomic E-state index is 0.844. The molecule has 0 saturated heterocycles. The molecule has 106 valence electrons. The highest BCUT2D eigenvalue weighted by atomic mass is 35.5. The smallest absolute Gasteiger partial charge is 0.118 e. The van der Waals surface area contributed by atoms with Crippen LogP contribution in [0.4, 0.5) is 0 Å². The van der Waals surface area contributed by atoms with Gasteiger partial charge in [-0.25, -0.2) is 0 Å². The first-order chi connectivity index (χ1) is 10.2. The molecule has 0 radical (unpaired) electrons. The van der Waals surface area contributed by atoms with E-state index in [0.29, 0.717) is 0 Å². The van der Waals surface area contributed by atoms with Crippen LogP contribution in [0.1, 0.15) is 5.56 Å². The Morgan fingerprint density at radius 3 is 2.10 bits per heavy atom. The van der Waals surface area contributed by atoms with E-state index in [-0.39, 0.29) is 0 Å². The van der Waals surface area contributed by atoms with E-state index < -0.39 is 0 Å². The molecule has 1 aromatic heterocycles. The zero-order chi connectivity index (χ0) is 14.8. The van der Waals surface area contributed by atoms with Crippen molar-refractivity contribution in [3.63, 3.8) is 0 Å². The average molecular weight is 315 g/mol. The van der Waals surface area contributed by atoms with E-state index in [1.807, 2.05) is 30.3 Å². The first kappa shape index (κ1) is 14.2. The van der Waals surface area contributed by atoms with Crippen molar-refractivity contribution < 1.29 is 4.74 Å². The summed E-state index contributed by atoms with van der Waals surface area (Å²) in [4.78, 5) is 2.34. The Hall–Kier alpha value is -1.77. The third-order valence-electron chi connectivity index (χ3n) is 3.46. The van der Waals surface area contributed by atoms with E-state index >= 15 is 0 Å². The van der Waals surface area contributed by atoms with Crippen LogP contribution in [0.2, 0.25) is 5.02 Å². The van der Waals surface area contributed by atoms with Crippen LogP contribution in [0.5, 0.6) is 5.75 Å². The predicted octanol–water partition coefficient (Wildman–Crippen LogP) is 6.05. The van der Waals surface area contributed by atoms with Crippen LogP contribution in [-0.2, 0) is 0 Å². The topological polar surface area (TPSA) is 9.23 Å². The van der Waals surface area contributed by atoms with Crippen LogP contribution >= 0.6 is 22.9 Å². The maximum Gasteiger partial charge on any atom is 0.118 e. The van der Waals surface area contributed by atoms with Gasteiger partial charge in [-0.15, -0.1) is 11.3 Å². The zero-order valence-electron chi connectivity index (χ0n) is 11.9. The fourth-order valence-corrected chi connectivity index (χ4v) is 3.87. The van der Waals surface area contributed by atoms with Gasteiger partial charge < -0.3 is 4.74 Å². The van der Waals surface area contributed by atoms with Gasteiger partial charge in [-0.3, -0.25) is 0 Å². The third kappa shape index (κ3) is 2.69. The van der Waals surface area contributed by atoms with Crippen LogP contribution in [0.25, 0.3) is 20.9 Å². The number of halogens is 1. The molecule has 0 aliphatic heterocycles. The Morgan fingerprint density at radius 1 is 0.857 bits per heavy atom. The van der Waals surface area contributed by atoms with E-state index in [9.17, 15) is 0 Å². The standard InChI is InChI=1S/C18H15ClOS/c1-12-16(19)18(13-6-4-3-5-7-13)21-17(12)14-8-10-15(20-2)11-9-14/h3-11H,1-2H3. The summed E-state index contributed by atoms with van der Waals surface area (Å²) in [6.07, 6.45) is 0. The fraction of sp³-hybridized carbons (Fsp3) is 0.111. The molecule has 0 N–H and O–H groups in total. The molecular weight excluding hydrogens is 300 g/mol. The van der Waals surface area contributed by atoms with Crippen LogP contribution in [0.15, 0.2) is 54.6 Å². The summed E-state index contributed by atoms with van der Waals surface area (Å²) in [6.45, 7) is 2.07. The van der Waals surface area contributed by atoms with Gasteiger partial charge in [0.05, 0.1) is 17.0 Å². The van der Waals surface area contributed by atoms with Crippen LogP contribution < -0.4 is 4.74 Å². The lowest BCUT2D eigenvalue weighted by molar-refractivity contribution is 0.415. The van der Waals surface area contributed by atoms with Gasteiger partial charge in [0, 0.05) is 4.88 Å². The Morgan fingerprint density at radius 2 is 1.48 bits per heavy atom. The van der Waals surface area contributed by atoms with E-state index in [4.69, 9.17) is 16.3 Å². The summed E-state index contributed by atoms with van der Waals surface area (Å²) in [5.74, 6) is 0.863. The fourth-order valence-electron chi connectivity index (χ4n) is 2.29. The summed E-state index contributed by atoms with van der Waals surface area (Å²) in [5.41, 5.74) is 3.46. The van der Waals surface area contributed by atoms with Gasteiger partial charge in [0.25, 0.3) is 0 Å². The van der Waals surface area contributed by atoms with Gasteiger partial charge in [0.2, 0.25) is 0 Å². The van der Waals surface area contributed by atoms with Crippen LogP contribution in [0.3, 0.4) is 0 Å². The maximum atomic E-state index is 6.54. The Balaban J connectivity index is 2.08. The molecule has 3 heteroatoms. The van der Waals surface area contributed by atoms with Crippen LogP contribution in [-0.4, -0.2) is 7.11 Å². The van der Waals surface area contributed by atoms with Gasteiger partial charge >= 0.3 is 0 Å². The molecule has 0 spiro atoms. The lowest BCUT2D eigenvalue weighted by Gasteiger charge is -2.02. The lowest BCUT2D eigenvalue weighted by atomic mass is 10.1. The van der Waals surface area contributed by atoms with Crippen molar-refractivity contribution in [3.05, 3.63) is 65.2 Å². The van der Waals surface area contributed by atoms with Crippen molar-refractivity contribution in [3.8, 4) is 26.6 Å². The highest BCUT2D eigenvalue weighted by Gasteiger charge is 2.15. The molecule has 0 amide bonds. The van der Waals surface area contributed by atoms with E-state index in [1.54, 1.807) is 18.4 Å². The number of rotatable bonds is 3. The molecule has 0 unspecified atom stereocenters. The molecule has 0 fully saturated rings. The molecule has 0 aliphatic rings. The Kier molecular flexibility index (Phi) is 4.00. The SMILES string of the molecule is COc1ccc(-c2sc(-c3ccccc3)c(Cl)c2C)cc1. The predicted molar refractivity (Wildman–Crippen MR) is 91.5 cm³/mol. The number of hydrogen-bond donors (Lipinski definition) is 0. The summed E-state index contributed by atoms with van der Waals surface area (Å²) < 4.78 is 5.21. The van der Waals surface area contributed by atoms with E-state index in [0.717, 1.165) is 26.8 Å². The minimum atomic E-state index is 0.844. The molecule has 2 aromatic carbocycles. The molecule has 0 atom stereocenters. The van der Waals surface area contributed by atoms with Crippen molar-refractivity contribution in [1.82, 2.24) is 0 Å². The van der Waals surface area contributed by atoms with Crippen molar-refractivity contribution >= 4 is 22.9 Å². The molecule has 0 saturated carbocycles. The van der Waals surface area contributed by atoms with Gasteiger partial charge in [0.1, 0.15) is 5.75 Å². The number of methoxy groups -OCH3 is 1. The third-order valence-corrected chi connectivity index (χ3v) is 5.44. The molecule has 1 nitrogen and oxygen atoms in total. The number of benzene rings is 2. The van der Waals surface area contributed by atoms with Crippen LogP contribution in [0, 0.1) is 6.92 Å². The van der Waals surface area contributed by atoms with Gasteiger partial charge in [-0.05, 0) is 47.9 Å². The van der Waals surface area contributed by atoms with E-state index in [1.165, 1.54) is 10.4 Å². The van der Waals surface area contributed by atoms with E-state index in [2.05, 4.69) is 31.2 Å². The highest BCUT2D eigenvalue weighted by molar-refractivity contribution is 7.19. The van der Waals surface area contributed by atoms with Crippen molar-refractivity contribution in [2.24, 2.45) is 0 Å². The molecule has 3 aromatic rings. The second kappa shape index (κ2) is 5.92. The molecule has 0 bridgehead atoms. The highest BCUT2D eigenvalue weighted by Crippen LogP contribution is 2.44. The van der Waals surface area contributed by atoms with Crippen molar-refractivity contribution in [1.29, 1.82) is 0 Å². The number of ether oxygens (including phenoxy) is 1. The van der Waals surface area contributed by atoms with Gasteiger partial charge in [-0.1, -0.05) is 41.9 Å². The first-order valence-corrected chi connectivity index (χ1v) is 7.89. The van der Waals surface area contributed by atoms with Crippen molar-refractivity contribution in [2.45, 2.75) is 6.92 Å². The van der Waals surface area contributed by atoms with Gasteiger partial charge in [0.15, 0.2) is 0 Å². The molecule has 21 heavy (non-hydrogen) atoms. The maximum absolute atomic E-state index is 6.54. The molecule has 0 aliphatic carbocycles. The normalized spacial score (nSPS) is 10.6. The molecule has 3 rings (SSSR count). The molecular formula is C18H15ClOS. The minimum Gasteiger partial charge on any atom is -0.497 e. The summed E-state index contributed by atoms with van der Waals surface area (Å²) in [7, 11) is 1.68. The average Bonchev–Trinajstić information content (AvgIpc) is 2.84. The second-order valence-corrected chi connectivity index (χ2v) is 6.19. The molecule has 1 heterocycles. The lowest BCUT2D eigenvalue weighted by Crippen LogP contribution is -1.82. The Labute approximate surface area is 133 Å².